The number of nitrogens with zero attached hydrogens (tertiary/aromatic N) is 6. The number of benzene rings is 10. The second kappa shape index (κ2) is 14.9. The Morgan fingerprint density at radius 1 is 0.395 bits per heavy atom. The second-order valence-corrected chi connectivity index (χ2v) is 19.5. The van der Waals surface area contributed by atoms with Crippen LogP contribution >= 0.6 is 0 Å². The molecule has 9 nitrogen and oxygen atoms in total. The molecule has 0 atom stereocenters. The lowest BCUT2D eigenvalue weighted by atomic mass is 9.94. The van der Waals surface area contributed by atoms with Crippen LogP contribution in [0.2, 0.25) is 0 Å². The molecule has 350 valence electrons. The molecule has 76 heavy (non-hydrogen) atoms. The first-order valence-electron chi connectivity index (χ1n) is 25.1. The molecule has 0 aliphatic rings. The van der Waals surface area contributed by atoms with Crippen LogP contribution < -0.4 is 0 Å². The number of fused-ring (bicyclic) bond motifs is 21. The summed E-state index contributed by atoms with van der Waals surface area (Å²) in [5.41, 5.74) is 12.5. The average molecular weight is 971 g/mol. The smallest absolute Gasteiger partial charge is 0.232 e. The molecule has 0 saturated carbocycles. The maximum absolute atomic E-state index is 12.3. The number of rotatable bonds is 4. The molecule has 0 N–H and O–H groups in total. The van der Waals surface area contributed by atoms with Crippen molar-refractivity contribution in [3.63, 3.8) is 0 Å². The first-order valence-corrected chi connectivity index (χ1v) is 25.1. The molecule has 17 aromatic rings. The lowest BCUT2D eigenvalue weighted by Crippen LogP contribution is -2.12. The van der Waals surface area contributed by atoms with Crippen LogP contribution in [0.4, 0.5) is 5.69 Å². The molecule has 0 amide bonds. The van der Waals surface area contributed by atoms with E-state index in [1.54, 1.807) is 6.20 Å². The Balaban J connectivity index is 1.20. The molecule has 17 rings (SSSR count). The zero-order chi connectivity index (χ0) is 49.9. The molecule has 0 fully saturated rings. The highest BCUT2D eigenvalue weighted by Crippen LogP contribution is 2.54. The van der Waals surface area contributed by atoms with Gasteiger partial charge < -0.3 is 27.0 Å². The number of para-hydroxylation sites is 6. The van der Waals surface area contributed by atoms with Gasteiger partial charge in [-0.1, -0.05) is 133 Å². The van der Waals surface area contributed by atoms with Gasteiger partial charge in [0, 0.05) is 88.2 Å². The van der Waals surface area contributed by atoms with Crippen molar-refractivity contribution in [1.82, 2.24) is 18.7 Å². The van der Waals surface area contributed by atoms with Crippen LogP contribution in [0, 0.1) is 17.9 Å². The lowest BCUT2D eigenvalue weighted by molar-refractivity contribution is 0.670. The molecule has 0 bridgehead atoms. The molecule has 9 heteroatoms. The van der Waals surface area contributed by atoms with Gasteiger partial charge in [-0.2, -0.15) is 5.26 Å². The van der Waals surface area contributed by atoms with Gasteiger partial charge in [-0.3, -0.25) is 4.98 Å². The van der Waals surface area contributed by atoms with E-state index in [4.69, 9.17) is 18.2 Å². The number of hydrogen-bond donors (Lipinski definition) is 0. The Kier molecular flexibility index (Phi) is 7.96. The quantitative estimate of drug-likeness (QED) is 0.164. The number of furan rings is 3. The summed E-state index contributed by atoms with van der Waals surface area (Å²) in [6, 6.07) is 68.9. The van der Waals surface area contributed by atoms with Crippen LogP contribution in [0.5, 0.6) is 0 Å². The zero-order valence-corrected chi connectivity index (χ0v) is 40.0. The molecule has 7 aromatic heterocycles. The number of pyridine rings is 1. The van der Waals surface area contributed by atoms with Crippen molar-refractivity contribution in [2.75, 3.05) is 0 Å². The fraction of sp³-hybridized carbons (Fsp3) is 0. The predicted molar refractivity (Wildman–Crippen MR) is 306 cm³/mol. The summed E-state index contributed by atoms with van der Waals surface area (Å²) >= 11 is 0. The number of hydrogen-bond acceptors (Lipinski definition) is 5. The Bertz CT molecular complexity index is 5510. The Labute approximate surface area is 429 Å². The molecule has 7 heterocycles. The normalized spacial score (nSPS) is 12.2. The molecular formula is C67H34N6O3. The monoisotopic (exact) mass is 970 g/mol. The summed E-state index contributed by atoms with van der Waals surface area (Å²) in [5, 5.41) is 23.8. The third-order valence-corrected chi connectivity index (χ3v) is 15.8. The van der Waals surface area contributed by atoms with Gasteiger partial charge in [0.2, 0.25) is 5.69 Å². The minimum atomic E-state index is 0.154. The minimum absolute atomic E-state index is 0.154. The van der Waals surface area contributed by atoms with Crippen molar-refractivity contribution < 1.29 is 13.3 Å². The van der Waals surface area contributed by atoms with Crippen LogP contribution in [0.15, 0.2) is 220 Å². The predicted octanol–water partition coefficient (Wildman–Crippen LogP) is 18.2. The molecule has 0 unspecified atom stereocenters. The molecule has 0 spiro atoms. The summed E-state index contributed by atoms with van der Waals surface area (Å²) in [6.07, 6.45) is 3.63. The van der Waals surface area contributed by atoms with Crippen molar-refractivity contribution in [2.45, 2.75) is 0 Å². The van der Waals surface area contributed by atoms with E-state index in [0.29, 0.717) is 39.4 Å². The topological polar surface area (TPSA) is 95.2 Å². The summed E-state index contributed by atoms with van der Waals surface area (Å²) in [5.74, 6) is 0. The van der Waals surface area contributed by atoms with E-state index >= 15 is 0 Å². The van der Waals surface area contributed by atoms with Crippen LogP contribution in [0.1, 0.15) is 5.56 Å². The highest BCUT2D eigenvalue weighted by atomic mass is 16.3. The van der Waals surface area contributed by atoms with Gasteiger partial charge in [-0.05, 0) is 60.7 Å². The van der Waals surface area contributed by atoms with Gasteiger partial charge in [0.1, 0.15) is 16.7 Å². The first-order chi connectivity index (χ1) is 37.7. The molecule has 0 saturated heterocycles. The van der Waals surface area contributed by atoms with Crippen LogP contribution in [-0.4, -0.2) is 18.7 Å². The lowest BCUT2D eigenvalue weighted by Gasteiger charge is -2.27. The highest BCUT2D eigenvalue weighted by molar-refractivity contribution is 6.26. The molecule has 0 aliphatic carbocycles. The Hall–Kier alpha value is -10.9. The van der Waals surface area contributed by atoms with Gasteiger partial charge >= 0.3 is 0 Å². The van der Waals surface area contributed by atoms with Gasteiger partial charge in [0.25, 0.3) is 0 Å². The van der Waals surface area contributed by atoms with Crippen molar-refractivity contribution in [2.24, 2.45) is 0 Å². The average Bonchev–Trinajstić information content (AvgIpc) is 4.50. The summed E-state index contributed by atoms with van der Waals surface area (Å²) in [6.45, 7) is 9.65. The largest absolute Gasteiger partial charge is 0.454 e. The highest BCUT2D eigenvalue weighted by Gasteiger charge is 2.35. The second-order valence-electron chi connectivity index (χ2n) is 19.5. The van der Waals surface area contributed by atoms with E-state index in [9.17, 15) is 11.8 Å². The van der Waals surface area contributed by atoms with E-state index < -0.39 is 0 Å². The molecular weight excluding hydrogens is 937 g/mol. The Morgan fingerprint density at radius 3 is 1.18 bits per heavy atom. The van der Waals surface area contributed by atoms with E-state index in [0.717, 1.165) is 120 Å². The number of nitriles is 1. The fourth-order valence-electron chi connectivity index (χ4n) is 12.7. The van der Waals surface area contributed by atoms with Crippen LogP contribution in [0.25, 0.3) is 164 Å². The van der Waals surface area contributed by atoms with Gasteiger partial charge in [-0.15, -0.1) is 0 Å². The van der Waals surface area contributed by atoms with Crippen molar-refractivity contribution >= 4 is 137 Å². The van der Waals surface area contributed by atoms with Crippen molar-refractivity contribution in [3.8, 4) is 34.3 Å². The number of aromatic nitrogens is 4. The van der Waals surface area contributed by atoms with E-state index in [2.05, 4.69) is 134 Å². The maximum Gasteiger partial charge on any atom is 0.232 e. The van der Waals surface area contributed by atoms with E-state index in [1.165, 1.54) is 0 Å². The summed E-state index contributed by atoms with van der Waals surface area (Å²) in [7, 11) is 0. The third kappa shape index (κ3) is 5.12. The van der Waals surface area contributed by atoms with Crippen LogP contribution in [0.3, 0.4) is 0 Å². The van der Waals surface area contributed by atoms with Crippen molar-refractivity contribution in [3.05, 3.63) is 223 Å². The molecule has 10 aromatic carbocycles. The van der Waals surface area contributed by atoms with E-state index in [-0.39, 0.29) is 11.3 Å². The minimum Gasteiger partial charge on any atom is -0.454 e. The SMILES string of the molecule is [C-]#[N+]c1c(C#N)c(-n2c3ccccc3c3ccc4c5ccccc5oc4c32)c(-c2cccnc2)c(-n2c3ccccc3c3ccc4c5ccccc5oc4c32)c1-n1c2ccccc2c2ccc3c4ccccc4oc3c21. The summed E-state index contributed by atoms with van der Waals surface area (Å²) < 4.78 is 27.7. The van der Waals surface area contributed by atoms with Gasteiger partial charge in [0.15, 0.2) is 16.7 Å². The first kappa shape index (κ1) is 40.7. The molecule has 0 radical (unpaired) electrons. The van der Waals surface area contributed by atoms with Gasteiger partial charge in [0.05, 0.1) is 68.4 Å². The van der Waals surface area contributed by atoms with Gasteiger partial charge in [-0.25, -0.2) is 4.85 Å². The van der Waals surface area contributed by atoms with Crippen molar-refractivity contribution in [1.29, 1.82) is 5.26 Å². The summed E-state index contributed by atoms with van der Waals surface area (Å²) in [4.78, 5) is 9.46. The van der Waals surface area contributed by atoms with Crippen LogP contribution in [-0.2, 0) is 0 Å². The fourth-order valence-corrected chi connectivity index (χ4v) is 12.7. The Morgan fingerprint density at radius 2 is 0.776 bits per heavy atom. The maximum atomic E-state index is 12.3. The third-order valence-electron chi connectivity index (χ3n) is 15.8. The standard InChI is InChI=1S/C67H34N6O3/c1-69-58-50(35-68)59(71-51-22-8-2-16-38(51)44-28-31-47-41-19-5-11-25-54(41)74-65(47)60(44)71)57(37-15-14-34-70-36-37)63(72-52-23-9-3-17-39(52)45-29-32-48-42-20-6-12-26-55(42)75-66(48)61(45)72)64(58)73-53-24-10-4-18-40(53)46-30-33-49-43-21-7-13-27-56(43)76-67(49)62(46)73/h2-34,36H. The van der Waals surface area contributed by atoms with E-state index in [1.807, 2.05) is 91.1 Å². The molecule has 0 aliphatic heterocycles. The zero-order valence-electron chi connectivity index (χ0n) is 40.0.